The van der Waals surface area contributed by atoms with Gasteiger partial charge < -0.3 is 24.4 Å². The minimum Gasteiger partial charge on any atom is -0.495 e. The van der Waals surface area contributed by atoms with Crippen LogP contribution in [0.25, 0.3) is 10.2 Å². The van der Waals surface area contributed by atoms with Gasteiger partial charge in [0.25, 0.3) is 0 Å². The van der Waals surface area contributed by atoms with Gasteiger partial charge in [0.2, 0.25) is 5.91 Å². The number of thioether (sulfide) groups is 1. The highest BCUT2D eigenvalue weighted by Crippen LogP contribution is 2.43. The van der Waals surface area contributed by atoms with Crippen molar-refractivity contribution in [1.82, 2.24) is 14.9 Å². The Kier molecular flexibility index (Phi) is 7.94. The molecule has 1 atom stereocenters. The standard InChI is InChI=1S/C26H30N4O5S2/c1-33-8-6-30(7-9-34-2)26(32)15-4-5-17-21(11-15)37-25-23(17)24(27-14-28-25)29-18-13-20-16(10-19(18)35-3)12-22(31)36-20/h10,13-15H,4-9,11-12H2,1-3H3,(H,27,28,29). The van der Waals surface area contributed by atoms with Gasteiger partial charge in [0.15, 0.2) is 5.12 Å². The van der Waals surface area contributed by atoms with Crippen LogP contribution in [0.2, 0.25) is 0 Å². The van der Waals surface area contributed by atoms with Crippen molar-refractivity contribution in [2.24, 2.45) is 5.92 Å². The van der Waals surface area contributed by atoms with Crippen LogP contribution in [0.5, 0.6) is 5.75 Å². The average molecular weight is 543 g/mol. The highest BCUT2D eigenvalue weighted by Gasteiger charge is 2.32. The van der Waals surface area contributed by atoms with E-state index in [4.69, 9.17) is 14.2 Å². The first-order valence-corrected chi connectivity index (χ1v) is 13.9. The Balaban J connectivity index is 1.41. The molecule has 0 radical (unpaired) electrons. The monoisotopic (exact) mass is 542 g/mol. The first-order chi connectivity index (χ1) is 18.0. The molecule has 9 nitrogen and oxygen atoms in total. The molecule has 0 bridgehead atoms. The predicted molar refractivity (Wildman–Crippen MR) is 144 cm³/mol. The first-order valence-electron chi connectivity index (χ1n) is 12.2. The number of aromatic nitrogens is 2. The fourth-order valence-electron chi connectivity index (χ4n) is 4.95. The summed E-state index contributed by atoms with van der Waals surface area (Å²) in [7, 11) is 4.91. The minimum atomic E-state index is -0.0787. The van der Waals surface area contributed by atoms with Crippen LogP contribution in [0.4, 0.5) is 11.5 Å². The maximum atomic E-state index is 13.4. The molecule has 0 spiro atoms. The zero-order chi connectivity index (χ0) is 25.9. The molecular weight excluding hydrogens is 512 g/mol. The number of carbonyl (C=O) groups excluding carboxylic acids is 2. The van der Waals surface area contributed by atoms with E-state index in [0.29, 0.717) is 50.7 Å². The lowest BCUT2D eigenvalue weighted by atomic mass is 9.87. The summed E-state index contributed by atoms with van der Waals surface area (Å²) >= 11 is 2.89. The molecule has 196 valence electrons. The van der Waals surface area contributed by atoms with E-state index in [1.807, 2.05) is 17.0 Å². The molecule has 11 heteroatoms. The van der Waals surface area contributed by atoms with E-state index >= 15 is 0 Å². The van der Waals surface area contributed by atoms with Crippen LogP contribution in [0.1, 0.15) is 22.4 Å². The molecule has 1 aromatic carbocycles. The summed E-state index contributed by atoms with van der Waals surface area (Å²) in [5, 5.41) is 4.58. The molecule has 3 heterocycles. The second-order valence-electron chi connectivity index (χ2n) is 9.09. The molecule has 37 heavy (non-hydrogen) atoms. The Labute approximate surface area is 223 Å². The van der Waals surface area contributed by atoms with Gasteiger partial charge in [-0.2, -0.15) is 0 Å². The van der Waals surface area contributed by atoms with Gasteiger partial charge >= 0.3 is 0 Å². The third-order valence-electron chi connectivity index (χ3n) is 6.83. The molecule has 0 saturated heterocycles. The van der Waals surface area contributed by atoms with Crippen molar-refractivity contribution in [3.8, 4) is 5.75 Å². The number of nitrogens with one attached hydrogen (secondary N) is 1. The van der Waals surface area contributed by atoms with E-state index in [9.17, 15) is 9.59 Å². The molecule has 5 rings (SSSR count). The lowest BCUT2D eigenvalue weighted by molar-refractivity contribution is -0.137. The van der Waals surface area contributed by atoms with Gasteiger partial charge in [0, 0.05) is 49.4 Å². The number of thiophene rings is 1. The lowest BCUT2D eigenvalue weighted by Crippen LogP contribution is -2.41. The van der Waals surface area contributed by atoms with Crippen LogP contribution in [-0.2, 0) is 38.3 Å². The van der Waals surface area contributed by atoms with Crippen molar-refractivity contribution >= 4 is 55.8 Å². The number of fused-ring (bicyclic) bond motifs is 4. The van der Waals surface area contributed by atoms with Crippen molar-refractivity contribution in [3.05, 3.63) is 34.5 Å². The van der Waals surface area contributed by atoms with E-state index in [-0.39, 0.29) is 16.9 Å². The second kappa shape index (κ2) is 11.3. The number of amides is 1. The third kappa shape index (κ3) is 5.31. The molecule has 3 aromatic rings. The number of carbonyl (C=O) groups is 2. The Bertz CT molecular complexity index is 1320. The van der Waals surface area contributed by atoms with E-state index in [0.717, 1.165) is 39.2 Å². The number of methoxy groups -OCH3 is 3. The summed E-state index contributed by atoms with van der Waals surface area (Å²) < 4.78 is 16.0. The number of anilines is 2. The number of nitrogens with zero attached hydrogens (tertiary/aromatic N) is 3. The summed E-state index contributed by atoms with van der Waals surface area (Å²) in [5.74, 6) is 1.45. The summed E-state index contributed by atoms with van der Waals surface area (Å²) in [6.07, 6.45) is 4.21. The fraction of sp³-hybridized carbons (Fsp3) is 0.462. The molecule has 2 aromatic heterocycles. The quantitative estimate of drug-likeness (QED) is 0.409. The molecule has 2 aliphatic rings. The Hall–Kier alpha value is -2.73. The van der Waals surface area contributed by atoms with Crippen molar-refractivity contribution < 1.29 is 23.8 Å². The van der Waals surface area contributed by atoms with Gasteiger partial charge in [-0.05, 0) is 42.5 Å². The van der Waals surface area contributed by atoms with Gasteiger partial charge in [0.05, 0.1) is 31.4 Å². The molecule has 1 unspecified atom stereocenters. The summed E-state index contributed by atoms with van der Waals surface area (Å²) in [5.41, 5.74) is 2.95. The van der Waals surface area contributed by atoms with E-state index < -0.39 is 0 Å². The van der Waals surface area contributed by atoms with E-state index in [1.165, 1.54) is 22.2 Å². The van der Waals surface area contributed by atoms with Crippen molar-refractivity contribution in [2.75, 3.05) is 52.9 Å². The van der Waals surface area contributed by atoms with Crippen molar-refractivity contribution in [3.63, 3.8) is 0 Å². The van der Waals surface area contributed by atoms with Crippen LogP contribution in [0.15, 0.2) is 23.4 Å². The van der Waals surface area contributed by atoms with Crippen molar-refractivity contribution in [1.29, 1.82) is 0 Å². The van der Waals surface area contributed by atoms with Crippen LogP contribution in [0.3, 0.4) is 0 Å². The first kappa shape index (κ1) is 25.9. The minimum absolute atomic E-state index is 0.0787. The lowest BCUT2D eigenvalue weighted by Gasteiger charge is -2.29. The number of rotatable bonds is 10. The number of hydrogen-bond donors (Lipinski definition) is 1. The number of aryl methyl sites for hydroxylation is 1. The molecule has 0 fully saturated rings. The maximum absolute atomic E-state index is 13.4. The van der Waals surface area contributed by atoms with Gasteiger partial charge in [0.1, 0.15) is 22.7 Å². The molecular formula is C26H30N4O5S2. The molecule has 0 saturated carbocycles. The molecule has 1 aliphatic carbocycles. The summed E-state index contributed by atoms with van der Waals surface area (Å²) in [6.45, 7) is 2.11. The van der Waals surface area contributed by atoms with Crippen LogP contribution in [-0.4, -0.2) is 73.5 Å². The molecule has 1 N–H and O–H groups in total. The van der Waals surface area contributed by atoms with E-state index in [1.54, 1.807) is 39.0 Å². The third-order valence-corrected chi connectivity index (χ3v) is 8.97. The number of hydrogen-bond acceptors (Lipinski definition) is 10. The Morgan fingerprint density at radius 1 is 1.16 bits per heavy atom. The smallest absolute Gasteiger partial charge is 0.226 e. The Morgan fingerprint density at radius 3 is 2.68 bits per heavy atom. The average Bonchev–Trinajstić information content (AvgIpc) is 3.46. The second-order valence-corrected chi connectivity index (χ2v) is 11.3. The SMILES string of the molecule is COCCN(CCOC)C(=O)C1CCc2c(sc3ncnc(Nc4cc5c(cc4OC)CC(=O)S5)c23)C1. The zero-order valence-corrected chi connectivity index (χ0v) is 22.8. The number of benzene rings is 1. The summed E-state index contributed by atoms with van der Waals surface area (Å²) in [6, 6.07) is 3.88. The summed E-state index contributed by atoms with van der Waals surface area (Å²) in [4.78, 5) is 39.3. The zero-order valence-electron chi connectivity index (χ0n) is 21.2. The van der Waals surface area contributed by atoms with Gasteiger partial charge in [-0.25, -0.2) is 9.97 Å². The van der Waals surface area contributed by atoms with Crippen LogP contribution in [0, 0.1) is 5.92 Å². The predicted octanol–water partition coefficient (Wildman–Crippen LogP) is 3.84. The molecule has 1 amide bonds. The number of ether oxygens (including phenoxy) is 3. The van der Waals surface area contributed by atoms with Gasteiger partial charge in [-0.3, -0.25) is 9.59 Å². The highest BCUT2D eigenvalue weighted by atomic mass is 32.2. The van der Waals surface area contributed by atoms with Crippen LogP contribution < -0.4 is 10.1 Å². The van der Waals surface area contributed by atoms with Crippen molar-refractivity contribution in [2.45, 2.75) is 30.6 Å². The molecule has 1 aliphatic heterocycles. The highest BCUT2D eigenvalue weighted by molar-refractivity contribution is 8.14. The van der Waals surface area contributed by atoms with Gasteiger partial charge in [-0.1, -0.05) is 11.8 Å². The van der Waals surface area contributed by atoms with E-state index in [2.05, 4.69) is 15.3 Å². The fourth-order valence-corrected chi connectivity index (χ4v) is 7.13. The largest absolute Gasteiger partial charge is 0.495 e. The maximum Gasteiger partial charge on any atom is 0.226 e. The van der Waals surface area contributed by atoms with Crippen LogP contribution >= 0.6 is 23.1 Å². The topological polar surface area (TPSA) is 103 Å². The normalized spacial score (nSPS) is 16.5. The Morgan fingerprint density at radius 2 is 1.95 bits per heavy atom. The van der Waals surface area contributed by atoms with Gasteiger partial charge in [-0.15, -0.1) is 11.3 Å².